The molecule has 0 saturated heterocycles. The van der Waals surface area contributed by atoms with Crippen LogP contribution in [0.1, 0.15) is 5.56 Å². The van der Waals surface area contributed by atoms with E-state index in [1.807, 2.05) is 0 Å². The number of halogens is 2. The van der Waals surface area contributed by atoms with E-state index in [0.29, 0.717) is 11.1 Å². The Labute approximate surface area is 73.3 Å². The maximum Gasteiger partial charge on any atom is 0.126 e. The van der Waals surface area contributed by atoms with Gasteiger partial charge in [-0.25, -0.2) is 4.39 Å². The van der Waals surface area contributed by atoms with Gasteiger partial charge in [-0.1, -0.05) is 22.0 Å². The smallest absolute Gasteiger partial charge is 0.126 e. The quantitative estimate of drug-likeness (QED) is 0.695. The van der Waals surface area contributed by atoms with Gasteiger partial charge in [0.1, 0.15) is 11.6 Å². The summed E-state index contributed by atoms with van der Waals surface area (Å²) in [5.74, 6) is 0.313. The molecule has 0 heterocycles. The molecule has 0 aromatic heterocycles. The van der Waals surface area contributed by atoms with Crippen LogP contribution in [0.15, 0.2) is 18.2 Å². The minimum absolute atomic E-state index is 0.272. The van der Waals surface area contributed by atoms with Gasteiger partial charge in [-0.15, -0.1) is 0 Å². The summed E-state index contributed by atoms with van der Waals surface area (Å²) in [6.07, 6.45) is 0. The molecule has 3 heteroatoms. The number of hydrogen-bond acceptors (Lipinski definition) is 1. The third-order valence-electron chi connectivity index (χ3n) is 1.39. The van der Waals surface area contributed by atoms with Crippen LogP contribution in [-0.2, 0) is 5.33 Å². The van der Waals surface area contributed by atoms with Gasteiger partial charge in [0.2, 0.25) is 0 Å². The lowest BCUT2D eigenvalue weighted by Gasteiger charge is -2.04. The highest BCUT2D eigenvalue weighted by molar-refractivity contribution is 9.08. The Bertz CT molecular complexity index is 250. The average Bonchev–Trinajstić information content (AvgIpc) is 2.04. The van der Waals surface area contributed by atoms with Crippen molar-refractivity contribution in [2.45, 2.75) is 5.33 Å². The summed E-state index contributed by atoms with van der Waals surface area (Å²) >= 11 is 3.27. The molecule has 0 atom stereocenters. The monoisotopic (exact) mass is 218 g/mol. The van der Waals surface area contributed by atoms with E-state index in [1.165, 1.54) is 19.2 Å². The van der Waals surface area contributed by atoms with Gasteiger partial charge < -0.3 is 4.74 Å². The summed E-state index contributed by atoms with van der Waals surface area (Å²) < 4.78 is 17.5. The van der Waals surface area contributed by atoms with Gasteiger partial charge in [-0.05, 0) is 6.07 Å². The summed E-state index contributed by atoms with van der Waals surface area (Å²) in [4.78, 5) is 0. The molecule has 0 fully saturated rings. The van der Waals surface area contributed by atoms with Gasteiger partial charge in [-0.2, -0.15) is 0 Å². The molecule has 0 unspecified atom stereocenters. The predicted molar refractivity (Wildman–Crippen MR) is 45.6 cm³/mol. The minimum atomic E-state index is -0.272. The molecule has 0 aliphatic rings. The van der Waals surface area contributed by atoms with Crippen LogP contribution in [0.5, 0.6) is 5.75 Å². The lowest BCUT2D eigenvalue weighted by atomic mass is 10.2. The van der Waals surface area contributed by atoms with E-state index in [1.54, 1.807) is 6.07 Å². The van der Waals surface area contributed by atoms with Crippen molar-refractivity contribution in [2.24, 2.45) is 0 Å². The van der Waals surface area contributed by atoms with Crippen LogP contribution in [0.3, 0.4) is 0 Å². The Balaban J connectivity index is 3.06. The van der Waals surface area contributed by atoms with Crippen molar-refractivity contribution in [3.63, 3.8) is 0 Å². The Morgan fingerprint density at radius 3 is 2.82 bits per heavy atom. The Morgan fingerprint density at radius 1 is 1.55 bits per heavy atom. The van der Waals surface area contributed by atoms with Crippen molar-refractivity contribution < 1.29 is 9.13 Å². The van der Waals surface area contributed by atoms with Gasteiger partial charge >= 0.3 is 0 Å². The Morgan fingerprint density at radius 2 is 2.27 bits per heavy atom. The van der Waals surface area contributed by atoms with Crippen LogP contribution in [0.4, 0.5) is 4.39 Å². The lowest BCUT2D eigenvalue weighted by Crippen LogP contribution is -1.89. The molecule has 1 rings (SSSR count). The molecule has 60 valence electrons. The lowest BCUT2D eigenvalue weighted by molar-refractivity contribution is 0.408. The molecular weight excluding hydrogens is 211 g/mol. The second kappa shape index (κ2) is 3.72. The number of hydrogen-bond donors (Lipinski definition) is 0. The van der Waals surface area contributed by atoms with Gasteiger partial charge in [0.15, 0.2) is 0 Å². The molecule has 0 aliphatic heterocycles. The van der Waals surface area contributed by atoms with Crippen LogP contribution in [0, 0.1) is 5.82 Å². The largest absolute Gasteiger partial charge is 0.496 e. The molecule has 0 aliphatic carbocycles. The molecule has 1 aromatic rings. The topological polar surface area (TPSA) is 9.23 Å². The normalized spacial score (nSPS) is 9.73. The minimum Gasteiger partial charge on any atom is -0.496 e. The Hall–Kier alpha value is -0.570. The molecule has 1 aromatic carbocycles. The molecule has 0 spiro atoms. The highest BCUT2D eigenvalue weighted by atomic mass is 79.9. The van der Waals surface area contributed by atoms with Crippen molar-refractivity contribution in [3.05, 3.63) is 29.6 Å². The van der Waals surface area contributed by atoms with Gasteiger partial charge in [0.25, 0.3) is 0 Å². The molecule has 0 amide bonds. The zero-order chi connectivity index (χ0) is 8.27. The number of rotatable bonds is 2. The van der Waals surface area contributed by atoms with E-state index < -0.39 is 0 Å². The summed E-state index contributed by atoms with van der Waals surface area (Å²) in [7, 11) is 1.53. The van der Waals surface area contributed by atoms with Crippen molar-refractivity contribution in [1.29, 1.82) is 0 Å². The molecule has 1 nitrogen and oxygen atoms in total. The SMILES string of the molecule is COc1cc(F)ccc1CBr. The van der Waals surface area contributed by atoms with Crippen molar-refractivity contribution in [2.75, 3.05) is 7.11 Å². The first-order valence-electron chi connectivity index (χ1n) is 3.16. The fourth-order valence-electron chi connectivity index (χ4n) is 0.829. The van der Waals surface area contributed by atoms with Gasteiger partial charge in [-0.3, -0.25) is 0 Å². The Kier molecular flexibility index (Phi) is 2.88. The van der Waals surface area contributed by atoms with Crippen molar-refractivity contribution in [1.82, 2.24) is 0 Å². The summed E-state index contributed by atoms with van der Waals surface area (Å²) in [6, 6.07) is 4.48. The van der Waals surface area contributed by atoms with Crippen LogP contribution < -0.4 is 4.74 Å². The zero-order valence-corrected chi connectivity index (χ0v) is 7.69. The van der Waals surface area contributed by atoms with Gasteiger partial charge in [0, 0.05) is 17.0 Å². The third kappa shape index (κ3) is 1.93. The molecule has 0 saturated carbocycles. The second-order valence-electron chi connectivity index (χ2n) is 2.09. The first-order chi connectivity index (χ1) is 5.27. The second-order valence-corrected chi connectivity index (χ2v) is 2.65. The number of ether oxygens (including phenoxy) is 1. The van der Waals surface area contributed by atoms with Crippen LogP contribution >= 0.6 is 15.9 Å². The molecule has 0 radical (unpaired) electrons. The number of alkyl halides is 1. The maximum absolute atomic E-state index is 12.6. The van der Waals surface area contributed by atoms with Crippen LogP contribution in [-0.4, -0.2) is 7.11 Å². The summed E-state index contributed by atoms with van der Waals surface area (Å²) in [6.45, 7) is 0. The number of methoxy groups -OCH3 is 1. The van der Waals surface area contributed by atoms with E-state index >= 15 is 0 Å². The molecule has 0 bridgehead atoms. The van der Waals surface area contributed by atoms with Crippen LogP contribution in [0.2, 0.25) is 0 Å². The molecular formula is C8H8BrFO. The maximum atomic E-state index is 12.6. The van der Waals surface area contributed by atoms with E-state index in [4.69, 9.17) is 4.74 Å². The fraction of sp³-hybridized carbons (Fsp3) is 0.250. The molecule has 0 N–H and O–H groups in total. The average molecular weight is 219 g/mol. The van der Waals surface area contributed by atoms with Crippen molar-refractivity contribution >= 4 is 15.9 Å². The van der Waals surface area contributed by atoms with E-state index in [9.17, 15) is 4.39 Å². The highest BCUT2D eigenvalue weighted by Gasteiger charge is 2.01. The van der Waals surface area contributed by atoms with Crippen LogP contribution in [0.25, 0.3) is 0 Å². The first-order valence-corrected chi connectivity index (χ1v) is 4.28. The summed E-state index contributed by atoms with van der Waals surface area (Å²) in [5.41, 5.74) is 0.953. The fourth-order valence-corrected chi connectivity index (χ4v) is 1.29. The zero-order valence-electron chi connectivity index (χ0n) is 6.10. The van der Waals surface area contributed by atoms with E-state index in [-0.39, 0.29) is 5.82 Å². The standard InChI is InChI=1S/C8H8BrFO/c1-11-8-4-7(10)3-2-6(8)5-9/h2-4H,5H2,1H3. The third-order valence-corrected chi connectivity index (χ3v) is 2.00. The molecule has 11 heavy (non-hydrogen) atoms. The highest BCUT2D eigenvalue weighted by Crippen LogP contribution is 2.21. The predicted octanol–water partition coefficient (Wildman–Crippen LogP) is 2.73. The number of benzene rings is 1. The van der Waals surface area contributed by atoms with E-state index in [2.05, 4.69) is 15.9 Å². The van der Waals surface area contributed by atoms with E-state index in [0.717, 1.165) is 5.56 Å². The van der Waals surface area contributed by atoms with Gasteiger partial charge in [0.05, 0.1) is 7.11 Å². The first kappa shape index (κ1) is 8.53. The summed E-state index contributed by atoms with van der Waals surface area (Å²) in [5, 5.41) is 0.677. The van der Waals surface area contributed by atoms with Crippen molar-refractivity contribution in [3.8, 4) is 5.75 Å².